The molecule has 0 unspecified atom stereocenters. The van der Waals surface area contributed by atoms with Crippen LogP contribution in [0, 0.1) is 0 Å². The molecule has 0 saturated carbocycles. The van der Waals surface area contributed by atoms with E-state index in [9.17, 15) is 0 Å². The van der Waals surface area contributed by atoms with Crippen LogP contribution in [0.15, 0.2) is 48.9 Å². The van der Waals surface area contributed by atoms with E-state index < -0.39 is 0 Å². The van der Waals surface area contributed by atoms with Crippen molar-refractivity contribution in [2.24, 2.45) is 0 Å². The molecule has 5 heteroatoms. The van der Waals surface area contributed by atoms with Crippen molar-refractivity contribution >= 4 is 33.6 Å². The Labute approximate surface area is 108 Å². The number of nitrogens with zero attached hydrogens (tertiary/aromatic N) is 2. The Morgan fingerprint density at radius 1 is 1.00 bits per heavy atom. The van der Waals surface area contributed by atoms with Crippen molar-refractivity contribution < 1.29 is 0 Å². The monoisotopic (exact) mass is 249 g/mol. The normalized spacial score (nSPS) is 11.2. The molecule has 0 spiro atoms. The van der Waals surface area contributed by atoms with E-state index in [1.807, 2.05) is 42.7 Å². The van der Waals surface area contributed by atoms with Gasteiger partial charge in [0.25, 0.3) is 0 Å². The third-order valence-corrected chi connectivity index (χ3v) is 3.08. The minimum absolute atomic E-state index is 0.794. The highest BCUT2D eigenvalue weighted by molar-refractivity contribution is 5.81. The highest BCUT2D eigenvalue weighted by atomic mass is 15.0. The van der Waals surface area contributed by atoms with Gasteiger partial charge in [0.1, 0.15) is 11.5 Å². The molecule has 3 N–H and O–H groups in total. The third-order valence-electron chi connectivity index (χ3n) is 3.08. The molecule has 0 aliphatic heterocycles. The van der Waals surface area contributed by atoms with Crippen molar-refractivity contribution in [3.8, 4) is 0 Å². The van der Waals surface area contributed by atoms with E-state index in [1.165, 1.54) is 0 Å². The van der Waals surface area contributed by atoms with Crippen LogP contribution in [0.25, 0.3) is 22.1 Å². The lowest BCUT2D eigenvalue weighted by molar-refractivity contribution is 1.30. The van der Waals surface area contributed by atoms with Crippen molar-refractivity contribution in [2.75, 3.05) is 5.32 Å². The predicted octanol–water partition coefficient (Wildman–Crippen LogP) is 3.18. The largest absolute Gasteiger partial charge is 0.360 e. The first-order chi connectivity index (χ1) is 9.38. The Kier molecular flexibility index (Phi) is 2.05. The first kappa shape index (κ1) is 10.1. The second-order valence-electron chi connectivity index (χ2n) is 4.37. The predicted molar refractivity (Wildman–Crippen MR) is 75.5 cm³/mol. The van der Waals surface area contributed by atoms with E-state index in [0.717, 1.165) is 33.6 Å². The van der Waals surface area contributed by atoms with Gasteiger partial charge in [-0.05, 0) is 30.3 Å². The molecule has 4 aromatic heterocycles. The van der Waals surface area contributed by atoms with E-state index in [0.29, 0.717) is 0 Å². The maximum absolute atomic E-state index is 4.49. The molecule has 19 heavy (non-hydrogen) atoms. The van der Waals surface area contributed by atoms with Gasteiger partial charge in [-0.25, -0.2) is 4.98 Å². The number of anilines is 2. The summed E-state index contributed by atoms with van der Waals surface area (Å²) in [5.41, 5.74) is 3.75. The number of aromatic amines is 2. The van der Waals surface area contributed by atoms with Crippen LogP contribution in [0.4, 0.5) is 11.5 Å². The fraction of sp³-hybridized carbons (Fsp3) is 0. The van der Waals surface area contributed by atoms with Crippen LogP contribution >= 0.6 is 0 Å². The summed E-state index contributed by atoms with van der Waals surface area (Å²) in [7, 11) is 0. The number of pyridine rings is 2. The van der Waals surface area contributed by atoms with E-state index in [1.54, 1.807) is 6.20 Å². The minimum Gasteiger partial charge on any atom is -0.360 e. The molecule has 92 valence electrons. The van der Waals surface area contributed by atoms with Crippen LogP contribution < -0.4 is 5.32 Å². The summed E-state index contributed by atoms with van der Waals surface area (Å²) >= 11 is 0. The minimum atomic E-state index is 0.794. The number of fused-ring (bicyclic) bond motifs is 2. The van der Waals surface area contributed by atoms with Crippen LogP contribution in [0.5, 0.6) is 0 Å². The molecule has 0 aromatic carbocycles. The SMILES string of the molecule is c1cc2ncc(Nc3ccc4cc[nH]c4n3)cc2[nH]1. The van der Waals surface area contributed by atoms with Crippen LogP contribution in [0.1, 0.15) is 0 Å². The molecule has 4 aromatic rings. The number of aromatic nitrogens is 4. The molecular weight excluding hydrogens is 238 g/mol. The summed E-state index contributed by atoms with van der Waals surface area (Å²) in [5, 5.41) is 4.35. The highest BCUT2D eigenvalue weighted by Gasteiger charge is 2.02. The van der Waals surface area contributed by atoms with E-state index in [2.05, 4.69) is 25.3 Å². The van der Waals surface area contributed by atoms with E-state index in [4.69, 9.17) is 0 Å². The molecule has 4 heterocycles. The zero-order valence-corrected chi connectivity index (χ0v) is 10.0. The van der Waals surface area contributed by atoms with Gasteiger partial charge in [0.05, 0.1) is 22.9 Å². The Morgan fingerprint density at radius 2 is 1.95 bits per heavy atom. The van der Waals surface area contributed by atoms with Crippen LogP contribution in [-0.2, 0) is 0 Å². The average Bonchev–Trinajstić information content (AvgIpc) is 3.05. The Hall–Kier alpha value is -2.82. The second kappa shape index (κ2) is 3.84. The summed E-state index contributed by atoms with van der Waals surface area (Å²) in [6, 6.07) is 9.95. The fourth-order valence-corrected chi connectivity index (χ4v) is 2.15. The van der Waals surface area contributed by atoms with E-state index in [-0.39, 0.29) is 0 Å². The summed E-state index contributed by atoms with van der Waals surface area (Å²) in [5.74, 6) is 0.794. The smallest absolute Gasteiger partial charge is 0.139 e. The van der Waals surface area contributed by atoms with Gasteiger partial charge in [0.2, 0.25) is 0 Å². The van der Waals surface area contributed by atoms with Crippen molar-refractivity contribution in [1.29, 1.82) is 0 Å². The average molecular weight is 249 g/mol. The van der Waals surface area contributed by atoms with Crippen molar-refractivity contribution in [1.82, 2.24) is 19.9 Å². The topological polar surface area (TPSA) is 69.4 Å². The number of rotatable bonds is 2. The standard InChI is InChI=1S/C14H11N5/c1-2-13(19-14-9(1)3-5-16-14)18-10-7-12-11(17-8-10)4-6-15-12/h1-8,15H,(H2,16,18,19). The van der Waals surface area contributed by atoms with Gasteiger partial charge in [0, 0.05) is 17.8 Å². The summed E-state index contributed by atoms with van der Waals surface area (Å²) < 4.78 is 0. The molecule has 0 atom stereocenters. The fourth-order valence-electron chi connectivity index (χ4n) is 2.15. The van der Waals surface area contributed by atoms with Gasteiger partial charge in [-0.1, -0.05) is 0 Å². The molecular formula is C14H11N5. The van der Waals surface area contributed by atoms with Crippen molar-refractivity contribution in [3.05, 3.63) is 48.9 Å². The van der Waals surface area contributed by atoms with Crippen LogP contribution in [-0.4, -0.2) is 19.9 Å². The summed E-state index contributed by atoms with van der Waals surface area (Å²) in [6.07, 6.45) is 5.56. The Morgan fingerprint density at radius 3 is 2.95 bits per heavy atom. The highest BCUT2D eigenvalue weighted by Crippen LogP contribution is 2.20. The number of hydrogen-bond acceptors (Lipinski definition) is 3. The molecule has 5 nitrogen and oxygen atoms in total. The third kappa shape index (κ3) is 1.72. The number of nitrogens with one attached hydrogen (secondary N) is 3. The molecule has 0 amide bonds. The summed E-state index contributed by atoms with van der Waals surface area (Å²) in [4.78, 5) is 15.1. The molecule has 0 aliphatic rings. The first-order valence-electron chi connectivity index (χ1n) is 6.03. The van der Waals surface area contributed by atoms with Gasteiger partial charge in [-0.2, -0.15) is 0 Å². The lowest BCUT2D eigenvalue weighted by atomic mass is 10.3. The molecule has 0 aliphatic carbocycles. The Bertz CT molecular complexity index is 786. The van der Waals surface area contributed by atoms with Gasteiger partial charge in [-0.3, -0.25) is 4.98 Å². The summed E-state index contributed by atoms with van der Waals surface area (Å²) in [6.45, 7) is 0. The van der Waals surface area contributed by atoms with Gasteiger partial charge in [0.15, 0.2) is 0 Å². The zero-order valence-electron chi connectivity index (χ0n) is 10.0. The van der Waals surface area contributed by atoms with Gasteiger partial charge >= 0.3 is 0 Å². The number of H-pyrrole nitrogens is 2. The molecule has 4 rings (SSSR count). The molecule has 0 bridgehead atoms. The van der Waals surface area contributed by atoms with E-state index >= 15 is 0 Å². The maximum Gasteiger partial charge on any atom is 0.139 e. The quantitative estimate of drug-likeness (QED) is 0.511. The first-order valence-corrected chi connectivity index (χ1v) is 6.03. The van der Waals surface area contributed by atoms with Crippen molar-refractivity contribution in [3.63, 3.8) is 0 Å². The van der Waals surface area contributed by atoms with Gasteiger partial charge < -0.3 is 15.3 Å². The van der Waals surface area contributed by atoms with Crippen LogP contribution in [0.2, 0.25) is 0 Å². The zero-order chi connectivity index (χ0) is 12.7. The lowest BCUT2D eigenvalue weighted by Crippen LogP contribution is -1.94. The van der Waals surface area contributed by atoms with Gasteiger partial charge in [-0.15, -0.1) is 0 Å². The Balaban J connectivity index is 1.72. The molecule has 0 fully saturated rings. The maximum atomic E-state index is 4.49. The molecule has 0 radical (unpaired) electrons. The lowest BCUT2D eigenvalue weighted by Gasteiger charge is -2.05. The molecule has 0 saturated heterocycles. The second-order valence-corrected chi connectivity index (χ2v) is 4.37. The number of hydrogen-bond donors (Lipinski definition) is 3. The van der Waals surface area contributed by atoms with Crippen molar-refractivity contribution in [2.45, 2.75) is 0 Å². The van der Waals surface area contributed by atoms with Crippen LogP contribution in [0.3, 0.4) is 0 Å².